The first kappa shape index (κ1) is 34.4. The van der Waals surface area contributed by atoms with E-state index in [0.717, 1.165) is 13.8 Å². The molecule has 0 spiro atoms. The molecular formula is C23H38N2O17. The van der Waals surface area contributed by atoms with Gasteiger partial charge in [0, 0.05) is 21.0 Å². The molecule has 19 heteroatoms. The average Bonchev–Trinajstić information content (AvgIpc) is 2.92. The quantitative estimate of drug-likeness (QED) is 0.109. The van der Waals surface area contributed by atoms with E-state index in [0.29, 0.717) is 0 Å². The van der Waals surface area contributed by atoms with Gasteiger partial charge in [-0.05, 0) is 0 Å². The van der Waals surface area contributed by atoms with E-state index in [9.17, 15) is 55.2 Å². The summed E-state index contributed by atoms with van der Waals surface area (Å²) in [7, 11) is 1.20. The Balaban J connectivity index is 1.87. The highest BCUT2D eigenvalue weighted by Gasteiger charge is 2.55. The smallest absolute Gasteiger partial charge is 0.335 e. The van der Waals surface area contributed by atoms with Crippen LogP contribution in [0, 0.1) is 0 Å². The van der Waals surface area contributed by atoms with Crippen LogP contribution >= 0.6 is 0 Å². The number of carboxylic acid groups (broad SMARTS) is 1. The van der Waals surface area contributed by atoms with Crippen molar-refractivity contribution in [3.05, 3.63) is 0 Å². The van der Waals surface area contributed by atoms with Crippen LogP contribution in [0.1, 0.15) is 13.8 Å². The zero-order chi connectivity index (χ0) is 31.5. The SMILES string of the molecule is CO[C@@H]1C(NC(C)=O)[C@H](O[C@@H]2C(C(=O)O)O[C@@H](O[C@@H]3C(NC(C)=O)C(O)OC(CO)[C@H]3O)C(O)[C@H]2O)OC(CO)[C@H]1O. The minimum atomic E-state index is -2.10. The van der Waals surface area contributed by atoms with Crippen LogP contribution in [0.2, 0.25) is 0 Å². The van der Waals surface area contributed by atoms with Crippen molar-refractivity contribution in [2.45, 2.75) is 106 Å². The first-order valence-corrected chi connectivity index (χ1v) is 12.9. The molecule has 0 radical (unpaired) electrons. The molecule has 0 aromatic heterocycles. The van der Waals surface area contributed by atoms with E-state index in [1.807, 2.05) is 0 Å². The number of hydrogen-bond donors (Lipinski definition) is 10. The fourth-order valence-corrected chi connectivity index (χ4v) is 5.10. The van der Waals surface area contributed by atoms with Gasteiger partial charge >= 0.3 is 5.97 Å². The Hall–Kier alpha value is -2.11. The molecule has 19 nitrogen and oxygen atoms in total. The van der Waals surface area contributed by atoms with Crippen LogP contribution in [0.4, 0.5) is 0 Å². The molecule has 42 heavy (non-hydrogen) atoms. The van der Waals surface area contributed by atoms with Crippen molar-refractivity contribution in [3.63, 3.8) is 0 Å². The lowest BCUT2D eigenvalue weighted by atomic mass is 9.94. The number of carboxylic acids is 1. The van der Waals surface area contributed by atoms with Crippen molar-refractivity contribution in [1.82, 2.24) is 10.6 Å². The monoisotopic (exact) mass is 614 g/mol. The molecule has 0 aromatic rings. The second kappa shape index (κ2) is 14.6. The van der Waals surface area contributed by atoms with E-state index in [2.05, 4.69) is 10.6 Å². The lowest BCUT2D eigenvalue weighted by Crippen LogP contribution is -2.69. The summed E-state index contributed by atoms with van der Waals surface area (Å²) < 4.78 is 32.5. The normalized spacial score (nSPS) is 44.3. The van der Waals surface area contributed by atoms with Crippen molar-refractivity contribution < 1.29 is 83.7 Å². The fourth-order valence-electron chi connectivity index (χ4n) is 5.10. The maximum atomic E-state index is 12.2. The number of aliphatic hydroxyl groups excluding tert-OH is 7. The first-order valence-electron chi connectivity index (χ1n) is 12.9. The summed E-state index contributed by atoms with van der Waals surface area (Å²) in [6.07, 6.45) is -22.4. The highest BCUT2D eigenvalue weighted by atomic mass is 16.7. The van der Waals surface area contributed by atoms with Gasteiger partial charge in [-0.25, -0.2) is 4.79 Å². The van der Waals surface area contributed by atoms with E-state index in [1.165, 1.54) is 7.11 Å². The van der Waals surface area contributed by atoms with Crippen LogP contribution in [0.5, 0.6) is 0 Å². The van der Waals surface area contributed by atoms with E-state index in [-0.39, 0.29) is 0 Å². The molecule has 3 saturated heterocycles. The van der Waals surface area contributed by atoms with Gasteiger partial charge in [-0.2, -0.15) is 0 Å². The number of methoxy groups -OCH3 is 1. The van der Waals surface area contributed by atoms with Crippen molar-refractivity contribution in [3.8, 4) is 0 Å². The second-order valence-electron chi connectivity index (χ2n) is 10.1. The van der Waals surface area contributed by atoms with Crippen LogP contribution in [-0.4, -0.2) is 171 Å². The molecule has 0 aromatic carbocycles. The summed E-state index contributed by atoms with van der Waals surface area (Å²) in [5.41, 5.74) is 0. The summed E-state index contributed by atoms with van der Waals surface area (Å²) in [5.74, 6) is -3.02. The highest BCUT2D eigenvalue weighted by molar-refractivity contribution is 5.74. The van der Waals surface area contributed by atoms with E-state index in [4.69, 9.17) is 28.4 Å². The molecule has 10 N–H and O–H groups in total. The van der Waals surface area contributed by atoms with Gasteiger partial charge in [-0.1, -0.05) is 0 Å². The molecule has 3 rings (SSSR count). The Kier molecular flexibility index (Phi) is 11.9. The number of hydrogen-bond acceptors (Lipinski definition) is 16. The van der Waals surface area contributed by atoms with Gasteiger partial charge in [-0.3, -0.25) is 9.59 Å². The Morgan fingerprint density at radius 3 is 1.74 bits per heavy atom. The van der Waals surface area contributed by atoms with Crippen LogP contribution < -0.4 is 10.6 Å². The number of carbonyl (C=O) groups is 3. The Bertz CT molecular complexity index is 943. The number of rotatable bonds is 10. The maximum Gasteiger partial charge on any atom is 0.335 e. The third kappa shape index (κ3) is 7.33. The highest BCUT2D eigenvalue weighted by Crippen LogP contribution is 2.33. The molecule has 3 fully saturated rings. The molecule has 3 aliphatic heterocycles. The van der Waals surface area contributed by atoms with E-state index >= 15 is 0 Å². The van der Waals surface area contributed by atoms with Gasteiger partial charge < -0.3 is 79.9 Å². The number of nitrogens with one attached hydrogen (secondary N) is 2. The van der Waals surface area contributed by atoms with Crippen LogP contribution in [0.3, 0.4) is 0 Å². The third-order valence-electron chi connectivity index (χ3n) is 7.11. The number of amides is 2. The number of aliphatic hydroxyl groups is 7. The van der Waals surface area contributed by atoms with E-state index < -0.39 is 123 Å². The van der Waals surface area contributed by atoms with Gasteiger partial charge in [0.2, 0.25) is 11.8 Å². The zero-order valence-corrected chi connectivity index (χ0v) is 22.8. The number of carbonyl (C=O) groups excluding carboxylic acids is 2. The molecule has 0 bridgehead atoms. The number of ether oxygens (including phenoxy) is 6. The molecule has 2 amide bonds. The Morgan fingerprint density at radius 2 is 1.21 bits per heavy atom. The standard InChI is InChI=1S/C23H38N2O17/c1-6(28)24-10-17(13(31)8(4-26)38-21(10)36)40-23-15(33)14(32)18(19(42-23)20(34)35)41-22-11(25-7(2)29)16(37-3)12(30)9(5-27)39-22/h8-19,21-23,26-27,30-33,36H,4-5H2,1-3H3,(H,24,28)(H,25,29)(H,34,35)/t8?,9?,10?,11?,12-,13-,14-,15?,16-,17-,18+,19?,21?,22+,23-/m1/s1. The maximum absolute atomic E-state index is 12.2. The molecule has 242 valence electrons. The molecular weight excluding hydrogens is 576 g/mol. The average molecular weight is 615 g/mol. The molecule has 7 unspecified atom stereocenters. The summed E-state index contributed by atoms with van der Waals surface area (Å²) in [6, 6.07) is -2.77. The van der Waals surface area contributed by atoms with Gasteiger partial charge in [0.1, 0.15) is 67.0 Å². The van der Waals surface area contributed by atoms with E-state index in [1.54, 1.807) is 0 Å². The molecule has 3 heterocycles. The number of aliphatic carboxylic acids is 1. The molecule has 0 saturated carbocycles. The van der Waals surface area contributed by atoms with Crippen LogP contribution in [0.15, 0.2) is 0 Å². The lowest BCUT2D eigenvalue weighted by molar-refractivity contribution is -0.359. The lowest BCUT2D eigenvalue weighted by Gasteiger charge is -2.48. The largest absolute Gasteiger partial charge is 0.479 e. The summed E-state index contributed by atoms with van der Waals surface area (Å²) >= 11 is 0. The van der Waals surface area contributed by atoms with Gasteiger partial charge in [0.05, 0.1) is 13.2 Å². The van der Waals surface area contributed by atoms with Gasteiger partial charge in [-0.15, -0.1) is 0 Å². The van der Waals surface area contributed by atoms with Crippen LogP contribution in [-0.2, 0) is 42.8 Å². The fraction of sp³-hybridized carbons (Fsp3) is 0.870. The van der Waals surface area contributed by atoms with Crippen LogP contribution in [0.25, 0.3) is 0 Å². The van der Waals surface area contributed by atoms with Gasteiger partial charge in [0.15, 0.2) is 25.0 Å². The molecule has 0 aliphatic carbocycles. The van der Waals surface area contributed by atoms with Crippen molar-refractivity contribution in [1.29, 1.82) is 0 Å². The van der Waals surface area contributed by atoms with Gasteiger partial charge in [0.25, 0.3) is 0 Å². The molecule has 15 atom stereocenters. The van der Waals surface area contributed by atoms with Crippen molar-refractivity contribution >= 4 is 17.8 Å². The summed E-state index contributed by atoms with van der Waals surface area (Å²) in [4.78, 5) is 35.7. The molecule has 3 aliphatic rings. The predicted molar refractivity (Wildman–Crippen MR) is 130 cm³/mol. The topological polar surface area (TPSA) is 292 Å². The Morgan fingerprint density at radius 1 is 0.690 bits per heavy atom. The second-order valence-corrected chi connectivity index (χ2v) is 10.1. The summed E-state index contributed by atoms with van der Waals surface area (Å²) in [6.45, 7) is 0.693. The summed E-state index contributed by atoms with van der Waals surface area (Å²) in [5, 5.41) is 87.0. The van der Waals surface area contributed by atoms with Crippen molar-refractivity contribution in [2.24, 2.45) is 0 Å². The third-order valence-corrected chi connectivity index (χ3v) is 7.11. The minimum absolute atomic E-state index is 0.621. The predicted octanol–water partition coefficient (Wildman–Crippen LogP) is -6.54. The van der Waals surface area contributed by atoms with Crippen molar-refractivity contribution in [2.75, 3.05) is 20.3 Å². The zero-order valence-electron chi connectivity index (χ0n) is 22.8. The minimum Gasteiger partial charge on any atom is -0.479 e. The first-order chi connectivity index (χ1) is 19.7. The Labute approximate surface area is 238 Å².